The van der Waals surface area contributed by atoms with Crippen molar-refractivity contribution < 1.29 is 19.1 Å². The topological polar surface area (TPSA) is 115 Å². The number of carbonyl (C=O) groups is 2. The van der Waals surface area contributed by atoms with Crippen LogP contribution in [0.5, 0.6) is 0 Å². The minimum Gasteiger partial charge on any atom is -0.444 e. The first-order valence-corrected chi connectivity index (χ1v) is 11.5. The van der Waals surface area contributed by atoms with Gasteiger partial charge in [-0.25, -0.2) is 24.5 Å². The van der Waals surface area contributed by atoms with Gasteiger partial charge in [-0.1, -0.05) is 45.0 Å². The van der Waals surface area contributed by atoms with Gasteiger partial charge in [0.1, 0.15) is 17.5 Å². The normalized spacial score (nSPS) is 11.9. The molecule has 0 unspecified atom stereocenters. The number of amides is 2. The van der Waals surface area contributed by atoms with Gasteiger partial charge >= 0.3 is 12.2 Å². The van der Waals surface area contributed by atoms with E-state index in [2.05, 4.69) is 58.5 Å². The number of hydrogen-bond acceptors (Lipinski definition) is 7. The first-order valence-electron chi connectivity index (χ1n) is 11.5. The molecule has 0 saturated heterocycles. The molecule has 0 aliphatic heterocycles. The highest BCUT2D eigenvalue weighted by atomic mass is 16.6. The fraction of sp³-hybridized carbons (Fsp3) is 0.500. The smallest absolute Gasteiger partial charge is 0.414 e. The molecule has 35 heavy (non-hydrogen) atoms. The van der Waals surface area contributed by atoms with Crippen LogP contribution in [0.3, 0.4) is 0 Å². The van der Waals surface area contributed by atoms with Crippen LogP contribution in [0.1, 0.15) is 73.6 Å². The maximum Gasteiger partial charge on any atom is 0.414 e. The SMILES string of the molecule is CC(C)(C)OC(=O)NC(=NCc1cc(-c2ccc(C(C)(C)C)cc2)ncn1)NC(=O)OC(C)(C)C. The molecule has 2 N–H and O–H groups in total. The van der Waals surface area contributed by atoms with E-state index in [1.165, 1.54) is 11.9 Å². The second-order valence-electron chi connectivity index (χ2n) is 11.1. The van der Waals surface area contributed by atoms with Crippen molar-refractivity contribution in [2.45, 2.75) is 85.5 Å². The van der Waals surface area contributed by atoms with Gasteiger partial charge in [0.2, 0.25) is 5.96 Å². The number of ether oxygens (including phenoxy) is 2. The van der Waals surface area contributed by atoms with Crippen molar-refractivity contribution in [3.8, 4) is 11.3 Å². The molecule has 9 nitrogen and oxygen atoms in total. The predicted octanol–water partition coefficient (Wildman–Crippen LogP) is 5.35. The number of aromatic nitrogens is 2. The van der Waals surface area contributed by atoms with Gasteiger partial charge in [-0.15, -0.1) is 0 Å². The Morgan fingerprint density at radius 1 is 0.829 bits per heavy atom. The molecule has 190 valence electrons. The molecule has 0 saturated carbocycles. The van der Waals surface area contributed by atoms with Crippen molar-refractivity contribution in [2.75, 3.05) is 0 Å². The molecular weight excluding hydrogens is 446 g/mol. The third-order valence-electron chi connectivity index (χ3n) is 4.41. The zero-order valence-corrected chi connectivity index (χ0v) is 22.1. The van der Waals surface area contributed by atoms with Gasteiger partial charge in [0.25, 0.3) is 0 Å². The number of nitrogens with zero attached hydrogens (tertiary/aromatic N) is 3. The van der Waals surface area contributed by atoms with Crippen molar-refractivity contribution in [3.05, 3.63) is 47.9 Å². The maximum absolute atomic E-state index is 12.3. The highest BCUT2D eigenvalue weighted by molar-refractivity contribution is 6.01. The van der Waals surface area contributed by atoms with E-state index >= 15 is 0 Å². The third-order valence-corrected chi connectivity index (χ3v) is 4.41. The minimum atomic E-state index is -0.755. The Kier molecular flexibility index (Phi) is 8.59. The van der Waals surface area contributed by atoms with Crippen LogP contribution in [0.25, 0.3) is 11.3 Å². The van der Waals surface area contributed by atoms with Gasteiger partial charge in [-0.3, -0.25) is 10.6 Å². The van der Waals surface area contributed by atoms with Crippen molar-refractivity contribution in [2.24, 2.45) is 4.99 Å². The molecule has 0 aliphatic rings. The third kappa shape index (κ3) is 10.1. The van der Waals surface area contributed by atoms with Crippen LogP contribution in [0.2, 0.25) is 0 Å². The summed E-state index contributed by atoms with van der Waals surface area (Å²) in [5, 5.41) is 4.92. The molecule has 0 spiro atoms. The van der Waals surface area contributed by atoms with Crippen LogP contribution >= 0.6 is 0 Å². The zero-order valence-electron chi connectivity index (χ0n) is 22.1. The predicted molar refractivity (Wildman–Crippen MR) is 136 cm³/mol. The van der Waals surface area contributed by atoms with Crippen LogP contribution in [0.4, 0.5) is 9.59 Å². The van der Waals surface area contributed by atoms with E-state index in [1.54, 1.807) is 41.5 Å². The summed E-state index contributed by atoms with van der Waals surface area (Å²) in [5.74, 6) is -0.108. The van der Waals surface area contributed by atoms with E-state index in [0.29, 0.717) is 5.69 Å². The lowest BCUT2D eigenvalue weighted by atomic mass is 9.86. The summed E-state index contributed by atoms with van der Waals surface area (Å²) in [6, 6.07) is 10.0. The van der Waals surface area contributed by atoms with Crippen molar-refractivity contribution >= 4 is 18.1 Å². The second-order valence-corrected chi connectivity index (χ2v) is 11.1. The zero-order chi connectivity index (χ0) is 26.4. The fourth-order valence-electron chi connectivity index (χ4n) is 2.85. The fourth-order valence-corrected chi connectivity index (χ4v) is 2.85. The summed E-state index contributed by atoms with van der Waals surface area (Å²) in [5.41, 5.74) is 2.15. The van der Waals surface area contributed by atoms with Crippen molar-refractivity contribution in [3.63, 3.8) is 0 Å². The molecular formula is C26H37N5O4. The first kappa shape index (κ1) is 27.8. The molecule has 2 aromatic rings. The number of alkyl carbamates (subject to hydrolysis) is 2. The number of nitrogens with one attached hydrogen (secondary N) is 2. The quantitative estimate of drug-likeness (QED) is 0.449. The lowest BCUT2D eigenvalue weighted by molar-refractivity contribution is 0.0545. The molecule has 0 bridgehead atoms. The molecule has 0 radical (unpaired) electrons. The molecule has 0 aliphatic carbocycles. The number of benzene rings is 1. The standard InChI is InChI=1S/C26H37N5O4/c1-24(2,3)18-12-10-17(11-13-18)20-14-19(28-16-29-20)15-27-21(30-22(32)34-25(4,5)6)31-23(33)35-26(7,8)9/h10-14,16H,15H2,1-9H3,(H2,27,30,31,32,33). The Hall–Kier alpha value is -3.49. The number of hydrogen-bond donors (Lipinski definition) is 2. The van der Waals surface area contributed by atoms with E-state index in [1.807, 2.05) is 18.2 Å². The minimum absolute atomic E-state index is 0.0583. The van der Waals surface area contributed by atoms with Crippen molar-refractivity contribution in [1.29, 1.82) is 0 Å². The van der Waals surface area contributed by atoms with Crippen LogP contribution in [0.15, 0.2) is 41.7 Å². The molecule has 2 rings (SSSR count). The first-order chi connectivity index (χ1) is 16.0. The van der Waals surface area contributed by atoms with E-state index in [9.17, 15) is 9.59 Å². The lowest BCUT2D eigenvalue weighted by Crippen LogP contribution is -2.47. The summed E-state index contributed by atoms with van der Waals surface area (Å²) in [7, 11) is 0. The molecule has 0 fully saturated rings. The van der Waals surface area contributed by atoms with Gasteiger partial charge in [0.05, 0.1) is 17.9 Å². The van der Waals surface area contributed by atoms with Crippen LogP contribution in [-0.4, -0.2) is 39.3 Å². The van der Waals surface area contributed by atoms with Gasteiger partial charge in [0, 0.05) is 5.56 Å². The maximum atomic E-state index is 12.3. The van der Waals surface area contributed by atoms with Crippen LogP contribution in [-0.2, 0) is 21.4 Å². The molecule has 1 aromatic heterocycles. The van der Waals surface area contributed by atoms with E-state index in [0.717, 1.165) is 11.3 Å². The summed E-state index contributed by atoms with van der Waals surface area (Å²) in [6.45, 7) is 17.0. The van der Waals surface area contributed by atoms with Gasteiger partial charge in [-0.05, 0) is 58.6 Å². The second kappa shape index (κ2) is 10.8. The van der Waals surface area contributed by atoms with E-state index in [4.69, 9.17) is 9.47 Å². The average molecular weight is 484 g/mol. The lowest BCUT2D eigenvalue weighted by Gasteiger charge is -2.22. The Labute approximate surface area is 207 Å². The summed E-state index contributed by atoms with van der Waals surface area (Å²) in [4.78, 5) is 37.5. The summed E-state index contributed by atoms with van der Waals surface area (Å²) < 4.78 is 10.5. The van der Waals surface area contributed by atoms with E-state index in [-0.39, 0.29) is 17.9 Å². The monoisotopic (exact) mass is 483 g/mol. The Balaban J connectivity index is 2.22. The molecule has 9 heteroatoms. The van der Waals surface area contributed by atoms with Gasteiger partial charge in [0.15, 0.2) is 0 Å². The number of carbonyl (C=O) groups excluding carboxylic acids is 2. The van der Waals surface area contributed by atoms with Crippen LogP contribution in [0, 0.1) is 0 Å². The highest BCUT2D eigenvalue weighted by Gasteiger charge is 2.21. The van der Waals surface area contributed by atoms with E-state index < -0.39 is 23.4 Å². The Morgan fingerprint density at radius 2 is 1.34 bits per heavy atom. The molecule has 0 atom stereocenters. The Bertz CT molecular complexity index is 1030. The highest BCUT2D eigenvalue weighted by Crippen LogP contribution is 2.25. The Morgan fingerprint density at radius 3 is 1.80 bits per heavy atom. The largest absolute Gasteiger partial charge is 0.444 e. The average Bonchev–Trinajstić information content (AvgIpc) is 2.69. The van der Waals surface area contributed by atoms with Crippen molar-refractivity contribution in [1.82, 2.24) is 20.6 Å². The summed E-state index contributed by atoms with van der Waals surface area (Å²) >= 11 is 0. The van der Waals surface area contributed by atoms with Crippen LogP contribution < -0.4 is 10.6 Å². The van der Waals surface area contributed by atoms with Gasteiger partial charge in [-0.2, -0.15) is 0 Å². The number of aliphatic imine (C=N–C) groups is 1. The number of rotatable bonds is 3. The molecule has 1 aromatic carbocycles. The van der Waals surface area contributed by atoms with Gasteiger partial charge < -0.3 is 9.47 Å². The molecule has 1 heterocycles. The summed E-state index contributed by atoms with van der Waals surface area (Å²) in [6.07, 6.45) is -0.0515. The number of guanidine groups is 1. The molecule has 2 amide bonds.